The number of carbonyl (C=O) groups is 3. The highest BCUT2D eigenvalue weighted by molar-refractivity contribution is 6.18. The number of hydrogen-bond donors (Lipinski definition) is 0. The summed E-state index contributed by atoms with van der Waals surface area (Å²) >= 11 is 0. The van der Waals surface area contributed by atoms with Crippen molar-refractivity contribution in [2.24, 2.45) is 0 Å². The fourth-order valence-electron chi connectivity index (χ4n) is 2.46. The molecule has 0 saturated carbocycles. The maximum Gasteiger partial charge on any atom is 0.373 e. The van der Waals surface area contributed by atoms with Crippen LogP contribution in [0.25, 0.3) is 6.08 Å². The van der Waals surface area contributed by atoms with Gasteiger partial charge in [0.2, 0.25) is 5.76 Å². The highest BCUT2D eigenvalue weighted by Gasteiger charge is 2.38. The highest BCUT2D eigenvalue weighted by Crippen LogP contribution is 2.25. The van der Waals surface area contributed by atoms with Crippen LogP contribution >= 0.6 is 0 Å². The lowest BCUT2D eigenvalue weighted by Gasteiger charge is -2.29. The maximum atomic E-state index is 12.0. The van der Waals surface area contributed by atoms with E-state index in [2.05, 4.69) is 4.74 Å². The molecule has 0 spiro atoms. The molecule has 0 bridgehead atoms. The summed E-state index contributed by atoms with van der Waals surface area (Å²) in [5.74, 6) is -2.38. The number of esters is 3. The molecule has 1 fully saturated rings. The molecule has 0 atom stereocenters. The molecule has 1 aliphatic heterocycles. The van der Waals surface area contributed by atoms with E-state index in [1.807, 2.05) is 0 Å². The molecule has 2 aromatic rings. The first-order valence-electron chi connectivity index (χ1n) is 8.36. The quantitative estimate of drug-likeness (QED) is 0.439. The van der Waals surface area contributed by atoms with Crippen LogP contribution in [0, 0.1) is 0 Å². The molecular formula is C20H18O8. The van der Waals surface area contributed by atoms with Crippen LogP contribution in [0.1, 0.15) is 35.7 Å². The van der Waals surface area contributed by atoms with Crippen molar-refractivity contribution in [3.8, 4) is 5.75 Å². The van der Waals surface area contributed by atoms with E-state index in [0.29, 0.717) is 17.1 Å². The summed E-state index contributed by atoms with van der Waals surface area (Å²) in [7, 11) is 1.26. The Balaban J connectivity index is 1.70. The maximum absolute atomic E-state index is 12.0. The van der Waals surface area contributed by atoms with Gasteiger partial charge in [-0.3, -0.25) is 0 Å². The number of rotatable bonds is 5. The van der Waals surface area contributed by atoms with Gasteiger partial charge in [0.15, 0.2) is 0 Å². The van der Waals surface area contributed by atoms with Crippen molar-refractivity contribution in [3.63, 3.8) is 0 Å². The van der Waals surface area contributed by atoms with Crippen LogP contribution in [0.3, 0.4) is 0 Å². The molecule has 3 rings (SSSR count). The number of methoxy groups -OCH3 is 1. The molecular weight excluding hydrogens is 368 g/mol. The third kappa shape index (κ3) is 4.40. The summed E-state index contributed by atoms with van der Waals surface area (Å²) in [6, 6.07) is 9.83. The van der Waals surface area contributed by atoms with E-state index < -0.39 is 23.7 Å². The van der Waals surface area contributed by atoms with Gasteiger partial charge in [-0.05, 0) is 35.9 Å². The molecule has 0 aliphatic carbocycles. The molecule has 1 aliphatic rings. The second-order valence-electron chi connectivity index (χ2n) is 6.36. The predicted molar refractivity (Wildman–Crippen MR) is 95.1 cm³/mol. The Labute approximate surface area is 160 Å². The highest BCUT2D eigenvalue weighted by atomic mass is 16.7. The zero-order valence-corrected chi connectivity index (χ0v) is 15.5. The molecule has 146 valence electrons. The van der Waals surface area contributed by atoms with Crippen LogP contribution in [-0.2, 0) is 30.4 Å². The largest absolute Gasteiger partial charge is 0.486 e. The molecule has 0 radical (unpaired) electrons. The lowest BCUT2D eigenvalue weighted by atomic mass is 10.1. The standard InChI is InChI=1S/C20H18O8/c1-20(2)27-17(21)15(18(22)28-20)10-12-5-4-6-13(9-12)25-11-14-7-8-16(26-14)19(23)24-3/h4-10H,11H2,1-3H3. The minimum Gasteiger partial charge on any atom is -0.486 e. The van der Waals surface area contributed by atoms with Crippen LogP contribution < -0.4 is 4.74 Å². The third-order valence-corrected chi connectivity index (χ3v) is 3.72. The lowest BCUT2D eigenvalue weighted by molar-refractivity contribution is -0.222. The SMILES string of the molecule is COC(=O)c1ccc(COc2cccc(C=C3C(=O)OC(C)(C)OC3=O)c2)o1. The van der Waals surface area contributed by atoms with Crippen molar-refractivity contribution in [1.82, 2.24) is 0 Å². The first-order chi connectivity index (χ1) is 13.3. The number of carbonyl (C=O) groups excluding carboxylic acids is 3. The number of benzene rings is 1. The Morgan fingerprint density at radius 1 is 1.11 bits per heavy atom. The third-order valence-electron chi connectivity index (χ3n) is 3.72. The minimum atomic E-state index is -1.29. The Morgan fingerprint density at radius 3 is 2.50 bits per heavy atom. The van der Waals surface area contributed by atoms with Gasteiger partial charge in [0.25, 0.3) is 5.79 Å². The molecule has 0 N–H and O–H groups in total. The number of cyclic esters (lactones) is 2. The average molecular weight is 386 g/mol. The smallest absolute Gasteiger partial charge is 0.373 e. The van der Waals surface area contributed by atoms with Crippen molar-refractivity contribution >= 4 is 24.0 Å². The van der Waals surface area contributed by atoms with Gasteiger partial charge in [0, 0.05) is 13.8 Å². The van der Waals surface area contributed by atoms with Gasteiger partial charge in [-0.25, -0.2) is 14.4 Å². The molecule has 28 heavy (non-hydrogen) atoms. The fraction of sp³-hybridized carbons (Fsp3) is 0.250. The second kappa shape index (κ2) is 7.59. The van der Waals surface area contributed by atoms with E-state index >= 15 is 0 Å². The van der Waals surface area contributed by atoms with E-state index in [0.717, 1.165) is 0 Å². The molecule has 1 saturated heterocycles. The zero-order valence-electron chi connectivity index (χ0n) is 15.5. The Bertz CT molecular complexity index is 929. The van der Waals surface area contributed by atoms with Crippen LogP contribution in [-0.4, -0.2) is 30.8 Å². The van der Waals surface area contributed by atoms with E-state index in [1.54, 1.807) is 30.3 Å². The van der Waals surface area contributed by atoms with E-state index in [-0.39, 0.29) is 17.9 Å². The van der Waals surface area contributed by atoms with E-state index in [4.69, 9.17) is 18.6 Å². The van der Waals surface area contributed by atoms with E-state index in [1.165, 1.54) is 33.1 Å². The number of hydrogen-bond acceptors (Lipinski definition) is 8. The van der Waals surface area contributed by atoms with Crippen molar-refractivity contribution in [2.45, 2.75) is 26.2 Å². The Morgan fingerprint density at radius 2 is 1.82 bits per heavy atom. The van der Waals surface area contributed by atoms with Crippen LogP contribution in [0.15, 0.2) is 46.4 Å². The zero-order chi connectivity index (χ0) is 20.3. The van der Waals surface area contributed by atoms with Crippen molar-refractivity contribution in [3.05, 3.63) is 59.1 Å². The molecule has 0 amide bonds. The molecule has 8 nitrogen and oxygen atoms in total. The summed E-state index contributed by atoms with van der Waals surface area (Å²) in [6.45, 7) is 3.04. The van der Waals surface area contributed by atoms with Gasteiger partial charge in [-0.15, -0.1) is 0 Å². The fourth-order valence-corrected chi connectivity index (χ4v) is 2.46. The van der Waals surface area contributed by atoms with Gasteiger partial charge in [-0.2, -0.15) is 0 Å². The van der Waals surface area contributed by atoms with Gasteiger partial charge >= 0.3 is 17.9 Å². The van der Waals surface area contributed by atoms with Gasteiger partial charge in [0.05, 0.1) is 7.11 Å². The van der Waals surface area contributed by atoms with Gasteiger partial charge < -0.3 is 23.4 Å². The topological polar surface area (TPSA) is 101 Å². The molecule has 1 aromatic heterocycles. The molecule has 8 heteroatoms. The monoisotopic (exact) mass is 386 g/mol. The summed E-state index contributed by atoms with van der Waals surface area (Å²) in [4.78, 5) is 35.4. The number of ether oxygens (including phenoxy) is 4. The summed E-state index contributed by atoms with van der Waals surface area (Å²) in [6.07, 6.45) is 1.37. The first kappa shape index (κ1) is 19.2. The van der Waals surface area contributed by atoms with Crippen LogP contribution in [0.2, 0.25) is 0 Å². The van der Waals surface area contributed by atoms with Crippen molar-refractivity contribution in [2.75, 3.05) is 7.11 Å². The summed E-state index contributed by atoms with van der Waals surface area (Å²) in [5, 5.41) is 0. The van der Waals surface area contributed by atoms with Crippen molar-refractivity contribution in [1.29, 1.82) is 0 Å². The minimum absolute atomic E-state index is 0.0787. The normalized spacial score (nSPS) is 15.5. The lowest BCUT2D eigenvalue weighted by Crippen LogP contribution is -2.41. The predicted octanol–water partition coefficient (Wildman–Crippen LogP) is 2.86. The van der Waals surface area contributed by atoms with Crippen molar-refractivity contribution < 1.29 is 37.7 Å². The van der Waals surface area contributed by atoms with Gasteiger partial charge in [-0.1, -0.05) is 12.1 Å². The average Bonchev–Trinajstić information content (AvgIpc) is 3.11. The molecule has 1 aromatic carbocycles. The molecule has 0 unspecified atom stereocenters. The summed E-state index contributed by atoms with van der Waals surface area (Å²) < 4.78 is 25.7. The Hall–Kier alpha value is -3.55. The van der Waals surface area contributed by atoms with Crippen LogP contribution in [0.4, 0.5) is 0 Å². The van der Waals surface area contributed by atoms with Gasteiger partial charge in [0.1, 0.15) is 23.7 Å². The first-order valence-corrected chi connectivity index (χ1v) is 8.36. The molecule has 2 heterocycles. The second-order valence-corrected chi connectivity index (χ2v) is 6.36. The van der Waals surface area contributed by atoms with Crippen LogP contribution in [0.5, 0.6) is 5.75 Å². The Kier molecular flexibility index (Phi) is 5.21. The summed E-state index contributed by atoms with van der Waals surface area (Å²) in [5.41, 5.74) is 0.348. The number of furan rings is 1. The van der Waals surface area contributed by atoms with E-state index in [9.17, 15) is 14.4 Å².